The third-order valence-corrected chi connectivity index (χ3v) is 4.71. The molecule has 27 heavy (non-hydrogen) atoms. The number of anilines is 1. The van der Waals surface area contributed by atoms with E-state index in [9.17, 15) is 4.79 Å². The summed E-state index contributed by atoms with van der Waals surface area (Å²) in [4.78, 5) is 21.6. The Hall–Kier alpha value is -3.41. The van der Waals surface area contributed by atoms with Crippen LogP contribution >= 0.6 is 0 Å². The van der Waals surface area contributed by atoms with Crippen LogP contribution in [0.5, 0.6) is 0 Å². The third-order valence-electron chi connectivity index (χ3n) is 4.71. The Kier molecular flexibility index (Phi) is 4.24. The normalized spacial score (nSPS) is 11.1. The minimum Gasteiger partial charge on any atom is -0.379 e. The summed E-state index contributed by atoms with van der Waals surface area (Å²) in [6, 6.07) is 15.6. The molecule has 2 aromatic carbocycles. The van der Waals surface area contributed by atoms with Crippen molar-refractivity contribution >= 4 is 11.5 Å². The van der Waals surface area contributed by atoms with Crippen LogP contribution in [-0.4, -0.2) is 19.6 Å². The van der Waals surface area contributed by atoms with E-state index in [4.69, 9.17) is 0 Å². The number of hydrogen-bond acceptors (Lipinski definition) is 4. The van der Waals surface area contributed by atoms with Crippen LogP contribution in [0.25, 0.3) is 17.2 Å². The summed E-state index contributed by atoms with van der Waals surface area (Å²) in [5.41, 5.74) is 5.92. The number of rotatable bonds is 4. The molecule has 6 nitrogen and oxygen atoms in total. The quantitative estimate of drug-likeness (QED) is 0.583. The second kappa shape index (κ2) is 6.72. The average Bonchev–Trinajstić information content (AvgIpc) is 3.06. The Labute approximate surface area is 156 Å². The minimum atomic E-state index is -0.175. The first-order valence-corrected chi connectivity index (χ1v) is 8.88. The lowest BCUT2D eigenvalue weighted by Gasteiger charge is -2.12. The Morgan fingerprint density at radius 3 is 2.41 bits per heavy atom. The maximum atomic E-state index is 12.5. The van der Waals surface area contributed by atoms with Crippen molar-refractivity contribution in [2.45, 2.75) is 27.3 Å². The van der Waals surface area contributed by atoms with Crippen LogP contribution in [0.2, 0.25) is 0 Å². The summed E-state index contributed by atoms with van der Waals surface area (Å²) in [5.74, 6) is 1.01. The number of aryl methyl sites for hydroxylation is 3. The molecule has 2 heterocycles. The number of aromatic nitrogens is 4. The van der Waals surface area contributed by atoms with E-state index in [0.29, 0.717) is 23.8 Å². The molecule has 136 valence electrons. The second-order valence-electron chi connectivity index (χ2n) is 6.73. The number of hydrogen-bond donors (Lipinski definition) is 2. The van der Waals surface area contributed by atoms with Gasteiger partial charge in [0, 0.05) is 17.3 Å². The summed E-state index contributed by atoms with van der Waals surface area (Å²) in [6.45, 7) is 6.59. The molecule has 4 rings (SSSR count). The fourth-order valence-electron chi connectivity index (χ4n) is 3.25. The van der Waals surface area contributed by atoms with Crippen LogP contribution in [0.3, 0.4) is 0 Å². The van der Waals surface area contributed by atoms with Gasteiger partial charge < -0.3 is 5.32 Å². The molecule has 0 radical (unpaired) electrons. The predicted molar refractivity (Wildman–Crippen MR) is 107 cm³/mol. The van der Waals surface area contributed by atoms with Gasteiger partial charge in [-0.15, -0.1) is 0 Å². The maximum absolute atomic E-state index is 12.5. The molecule has 0 bridgehead atoms. The van der Waals surface area contributed by atoms with Gasteiger partial charge in [0.2, 0.25) is 0 Å². The number of nitrogens with one attached hydrogen (secondary N) is 2. The van der Waals surface area contributed by atoms with Crippen LogP contribution < -0.4 is 10.9 Å². The third kappa shape index (κ3) is 3.21. The van der Waals surface area contributed by atoms with Crippen LogP contribution in [0.1, 0.15) is 22.4 Å². The summed E-state index contributed by atoms with van der Waals surface area (Å²) < 4.78 is 1.38. The molecule has 0 atom stereocenters. The van der Waals surface area contributed by atoms with Gasteiger partial charge in [0.25, 0.3) is 11.3 Å². The second-order valence-corrected chi connectivity index (χ2v) is 6.73. The number of para-hydroxylation sites is 1. The van der Waals surface area contributed by atoms with Crippen molar-refractivity contribution < 1.29 is 0 Å². The lowest BCUT2D eigenvalue weighted by molar-refractivity contribution is 0.878. The summed E-state index contributed by atoms with van der Waals surface area (Å²) in [6.07, 6.45) is 0. The smallest absolute Gasteiger partial charge is 0.274 e. The average molecular weight is 359 g/mol. The van der Waals surface area contributed by atoms with Crippen molar-refractivity contribution in [1.29, 1.82) is 0 Å². The topological polar surface area (TPSA) is 75.1 Å². The van der Waals surface area contributed by atoms with Gasteiger partial charge in [0.1, 0.15) is 0 Å². The molecule has 0 spiro atoms. The molecular weight excluding hydrogens is 338 g/mol. The van der Waals surface area contributed by atoms with Gasteiger partial charge in [0.05, 0.1) is 12.2 Å². The molecule has 0 aliphatic carbocycles. The number of benzene rings is 2. The Morgan fingerprint density at radius 2 is 1.67 bits per heavy atom. The van der Waals surface area contributed by atoms with E-state index >= 15 is 0 Å². The van der Waals surface area contributed by atoms with Crippen LogP contribution in [0, 0.1) is 20.8 Å². The zero-order valence-electron chi connectivity index (χ0n) is 15.6. The summed E-state index contributed by atoms with van der Waals surface area (Å²) in [7, 11) is 0. The van der Waals surface area contributed by atoms with Gasteiger partial charge in [-0.1, -0.05) is 42.5 Å². The maximum Gasteiger partial charge on any atom is 0.274 e. The van der Waals surface area contributed by atoms with Crippen molar-refractivity contribution in [3.8, 4) is 11.4 Å². The molecule has 2 aromatic heterocycles. The molecule has 2 N–H and O–H groups in total. The monoisotopic (exact) mass is 359 g/mol. The molecule has 0 aliphatic rings. The van der Waals surface area contributed by atoms with E-state index in [1.54, 1.807) is 0 Å². The first kappa shape index (κ1) is 17.0. The Balaban J connectivity index is 1.68. The molecule has 6 heteroatoms. The van der Waals surface area contributed by atoms with Gasteiger partial charge in [-0.3, -0.25) is 9.89 Å². The van der Waals surface area contributed by atoms with Crippen molar-refractivity contribution in [3.63, 3.8) is 0 Å². The number of fused-ring (bicyclic) bond motifs is 1. The fraction of sp³-hybridized carbons (Fsp3) is 0.190. The summed E-state index contributed by atoms with van der Waals surface area (Å²) in [5, 5.41) is 6.44. The number of nitrogens with zero attached hydrogens (tertiary/aromatic N) is 3. The predicted octanol–water partition coefficient (Wildman–Crippen LogP) is 3.62. The van der Waals surface area contributed by atoms with Crippen molar-refractivity contribution in [2.75, 3.05) is 5.32 Å². The molecule has 0 saturated heterocycles. The highest BCUT2D eigenvalue weighted by atomic mass is 16.1. The highest BCUT2D eigenvalue weighted by molar-refractivity contribution is 5.61. The van der Waals surface area contributed by atoms with E-state index in [1.807, 2.05) is 37.3 Å². The standard InChI is InChI=1S/C21H21N5O/c1-13-7-4-5-10-17(13)20-24-21-23-16(11-18(27)26(21)25-20)12-22-19-14(2)8-6-9-15(19)3/h4-11,22H,12H2,1-3H3,(H,23,24,25). The molecule has 0 amide bonds. The van der Waals surface area contributed by atoms with Crippen molar-refractivity contribution in [1.82, 2.24) is 19.6 Å². The van der Waals surface area contributed by atoms with Gasteiger partial charge >= 0.3 is 0 Å². The van der Waals surface area contributed by atoms with E-state index in [2.05, 4.69) is 46.4 Å². The van der Waals surface area contributed by atoms with Gasteiger partial charge in [-0.25, -0.2) is 4.98 Å². The van der Waals surface area contributed by atoms with Gasteiger partial charge in [0.15, 0.2) is 5.82 Å². The van der Waals surface area contributed by atoms with Crippen LogP contribution in [-0.2, 0) is 6.54 Å². The van der Waals surface area contributed by atoms with E-state index < -0.39 is 0 Å². The molecule has 0 saturated carbocycles. The van der Waals surface area contributed by atoms with E-state index in [0.717, 1.165) is 27.9 Å². The summed E-state index contributed by atoms with van der Waals surface area (Å²) >= 11 is 0. The molecule has 4 aromatic rings. The largest absolute Gasteiger partial charge is 0.379 e. The Morgan fingerprint density at radius 1 is 0.963 bits per heavy atom. The van der Waals surface area contributed by atoms with E-state index in [-0.39, 0.29) is 5.56 Å². The lowest BCUT2D eigenvalue weighted by atomic mass is 10.1. The molecule has 0 aliphatic heterocycles. The SMILES string of the molecule is Cc1ccccc1-c1nc2nc(CNc3c(C)cccc3C)cc(=O)n2[nH]1. The molecule has 0 unspecified atom stereocenters. The first-order valence-electron chi connectivity index (χ1n) is 8.88. The zero-order valence-corrected chi connectivity index (χ0v) is 15.6. The number of H-pyrrole nitrogens is 1. The molecule has 0 fully saturated rings. The van der Waals surface area contributed by atoms with Crippen LogP contribution in [0.15, 0.2) is 53.3 Å². The van der Waals surface area contributed by atoms with Crippen molar-refractivity contribution in [3.05, 3.63) is 81.3 Å². The highest BCUT2D eigenvalue weighted by Crippen LogP contribution is 2.21. The highest BCUT2D eigenvalue weighted by Gasteiger charge is 2.11. The van der Waals surface area contributed by atoms with Crippen molar-refractivity contribution in [2.24, 2.45) is 0 Å². The molecular formula is C21H21N5O. The fourth-order valence-corrected chi connectivity index (χ4v) is 3.25. The number of aromatic amines is 1. The van der Waals surface area contributed by atoms with Crippen LogP contribution in [0.4, 0.5) is 5.69 Å². The lowest BCUT2D eigenvalue weighted by Crippen LogP contribution is -2.17. The first-order chi connectivity index (χ1) is 13.0. The van der Waals surface area contributed by atoms with Gasteiger partial charge in [-0.05, 0) is 37.5 Å². The Bertz CT molecular complexity index is 1170. The minimum absolute atomic E-state index is 0.175. The van der Waals surface area contributed by atoms with Gasteiger partial charge in [-0.2, -0.15) is 9.50 Å². The zero-order chi connectivity index (χ0) is 19.0. The van der Waals surface area contributed by atoms with E-state index in [1.165, 1.54) is 10.6 Å².